The topological polar surface area (TPSA) is 50.2 Å². The van der Waals surface area contributed by atoms with Crippen LogP contribution in [0.25, 0.3) is 0 Å². The van der Waals surface area contributed by atoms with Crippen molar-refractivity contribution in [1.82, 2.24) is 4.98 Å². The van der Waals surface area contributed by atoms with Crippen LogP contribution in [0.5, 0.6) is 0 Å². The summed E-state index contributed by atoms with van der Waals surface area (Å²) in [7, 11) is 0. The number of aromatic nitrogens is 1. The van der Waals surface area contributed by atoms with Crippen molar-refractivity contribution in [3.63, 3.8) is 0 Å². The molecule has 1 aromatic rings. The molecule has 1 aliphatic rings. The molecule has 0 radical (unpaired) electrons. The molecule has 1 aliphatic carbocycles. The third kappa shape index (κ3) is 2.77. The largest absolute Gasteiger partial charge is 0.476 e. The lowest BCUT2D eigenvalue weighted by molar-refractivity contribution is 0.0690. The van der Waals surface area contributed by atoms with E-state index < -0.39 is 5.97 Å². The number of aromatic carboxylic acids is 1. The van der Waals surface area contributed by atoms with Crippen molar-refractivity contribution in [2.45, 2.75) is 43.6 Å². The monoisotopic (exact) mass is 257 g/mol. The van der Waals surface area contributed by atoms with Gasteiger partial charge < -0.3 is 5.11 Å². The van der Waals surface area contributed by atoms with E-state index in [1.807, 2.05) is 18.7 Å². The minimum Gasteiger partial charge on any atom is -0.476 e. The van der Waals surface area contributed by atoms with Crippen LogP contribution >= 0.6 is 23.1 Å². The number of thioether (sulfide) groups is 1. The van der Waals surface area contributed by atoms with Crippen LogP contribution in [-0.4, -0.2) is 21.3 Å². The van der Waals surface area contributed by atoms with Crippen LogP contribution < -0.4 is 0 Å². The molecule has 3 nitrogen and oxygen atoms in total. The Hall–Kier alpha value is -0.550. The van der Waals surface area contributed by atoms with Crippen LogP contribution in [0.4, 0.5) is 0 Å². The zero-order valence-corrected chi connectivity index (χ0v) is 10.9. The molecule has 0 atom stereocenters. The molecule has 1 N–H and O–H groups in total. The van der Waals surface area contributed by atoms with E-state index in [4.69, 9.17) is 5.11 Å². The summed E-state index contributed by atoms with van der Waals surface area (Å²) in [6.07, 6.45) is 5.30. The fourth-order valence-corrected chi connectivity index (χ4v) is 4.22. The molecule has 0 unspecified atom stereocenters. The number of hydrogen-bond donors (Lipinski definition) is 1. The Morgan fingerprint density at radius 3 is 2.81 bits per heavy atom. The third-order valence-corrected chi connectivity index (χ3v) is 5.32. The normalized spacial score (nSPS) is 16.8. The fourth-order valence-electron chi connectivity index (χ4n) is 1.96. The van der Waals surface area contributed by atoms with E-state index in [9.17, 15) is 4.79 Å². The predicted molar refractivity (Wildman–Crippen MR) is 67.4 cm³/mol. The predicted octanol–water partition coefficient (Wildman–Crippen LogP) is 3.33. The Labute approximate surface area is 103 Å². The highest BCUT2D eigenvalue weighted by molar-refractivity contribution is 7.99. The number of aryl methyl sites for hydroxylation is 1. The molecular formula is C11H15NO2S2. The molecule has 5 heteroatoms. The number of hydrogen-bond acceptors (Lipinski definition) is 4. The van der Waals surface area contributed by atoms with Crippen molar-refractivity contribution in [2.75, 3.05) is 0 Å². The number of rotatable bonds is 4. The SMILES string of the molecule is Cc1sc(CSC2CCCC2)nc1C(=O)O. The molecule has 88 valence electrons. The molecule has 1 saturated carbocycles. The summed E-state index contributed by atoms with van der Waals surface area (Å²) in [4.78, 5) is 15.8. The quantitative estimate of drug-likeness (QED) is 0.899. The average Bonchev–Trinajstić information content (AvgIpc) is 2.83. The first-order chi connectivity index (χ1) is 7.66. The van der Waals surface area contributed by atoms with Crippen LogP contribution in [0.1, 0.15) is 46.1 Å². The van der Waals surface area contributed by atoms with Crippen LogP contribution in [0, 0.1) is 6.92 Å². The van der Waals surface area contributed by atoms with Crippen molar-refractivity contribution in [2.24, 2.45) is 0 Å². The Kier molecular flexibility index (Phi) is 3.86. The molecule has 0 spiro atoms. The summed E-state index contributed by atoms with van der Waals surface area (Å²) in [6.45, 7) is 1.82. The molecule has 2 rings (SSSR count). The molecule has 16 heavy (non-hydrogen) atoms. The van der Waals surface area contributed by atoms with E-state index in [2.05, 4.69) is 4.98 Å². The maximum absolute atomic E-state index is 10.8. The Morgan fingerprint density at radius 1 is 1.56 bits per heavy atom. The molecular weight excluding hydrogens is 242 g/mol. The van der Waals surface area contributed by atoms with Gasteiger partial charge in [-0.05, 0) is 19.8 Å². The van der Waals surface area contributed by atoms with Crippen LogP contribution in [0.3, 0.4) is 0 Å². The van der Waals surface area contributed by atoms with E-state index >= 15 is 0 Å². The highest BCUT2D eigenvalue weighted by atomic mass is 32.2. The van der Waals surface area contributed by atoms with Gasteiger partial charge in [0, 0.05) is 15.9 Å². The van der Waals surface area contributed by atoms with Crippen molar-refractivity contribution < 1.29 is 9.90 Å². The van der Waals surface area contributed by atoms with E-state index in [0.717, 1.165) is 20.9 Å². The van der Waals surface area contributed by atoms with Crippen molar-refractivity contribution in [3.05, 3.63) is 15.6 Å². The number of carboxylic acid groups (broad SMARTS) is 1. The lowest BCUT2D eigenvalue weighted by atomic mass is 10.4. The first-order valence-corrected chi connectivity index (χ1v) is 7.34. The molecule has 1 heterocycles. The second kappa shape index (κ2) is 5.19. The van der Waals surface area contributed by atoms with Gasteiger partial charge in [0.15, 0.2) is 5.69 Å². The summed E-state index contributed by atoms with van der Waals surface area (Å²) in [5, 5.41) is 10.6. The van der Waals surface area contributed by atoms with Crippen molar-refractivity contribution in [1.29, 1.82) is 0 Å². The number of nitrogens with zero attached hydrogens (tertiary/aromatic N) is 1. The number of carboxylic acids is 1. The maximum Gasteiger partial charge on any atom is 0.355 e. The van der Waals surface area contributed by atoms with Gasteiger partial charge in [-0.2, -0.15) is 11.8 Å². The van der Waals surface area contributed by atoms with Gasteiger partial charge in [-0.3, -0.25) is 0 Å². The molecule has 0 aromatic carbocycles. The van der Waals surface area contributed by atoms with Gasteiger partial charge in [0.05, 0.1) is 0 Å². The average molecular weight is 257 g/mol. The van der Waals surface area contributed by atoms with Crippen LogP contribution in [-0.2, 0) is 5.75 Å². The summed E-state index contributed by atoms with van der Waals surface area (Å²) >= 11 is 3.44. The number of carbonyl (C=O) groups is 1. The zero-order valence-electron chi connectivity index (χ0n) is 9.23. The lowest BCUT2D eigenvalue weighted by Crippen LogP contribution is -1.99. The zero-order chi connectivity index (χ0) is 11.5. The van der Waals surface area contributed by atoms with Gasteiger partial charge in [0.25, 0.3) is 0 Å². The Balaban J connectivity index is 1.94. The van der Waals surface area contributed by atoms with Gasteiger partial charge in [-0.1, -0.05) is 12.8 Å². The fraction of sp³-hybridized carbons (Fsp3) is 0.636. The first kappa shape index (κ1) is 11.9. The minimum absolute atomic E-state index is 0.229. The molecule has 0 saturated heterocycles. The maximum atomic E-state index is 10.8. The van der Waals surface area contributed by atoms with Gasteiger partial charge >= 0.3 is 5.97 Å². The van der Waals surface area contributed by atoms with E-state index in [1.165, 1.54) is 37.0 Å². The molecule has 1 aromatic heterocycles. The minimum atomic E-state index is -0.911. The van der Waals surface area contributed by atoms with Crippen molar-refractivity contribution >= 4 is 29.1 Å². The molecule has 0 amide bonds. The smallest absolute Gasteiger partial charge is 0.355 e. The van der Waals surface area contributed by atoms with Crippen molar-refractivity contribution in [3.8, 4) is 0 Å². The summed E-state index contributed by atoms with van der Waals surface area (Å²) in [6, 6.07) is 0. The Bertz CT molecular complexity index is 383. The number of thiazole rings is 1. The Morgan fingerprint density at radius 2 is 2.25 bits per heavy atom. The highest BCUT2D eigenvalue weighted by Gasteiger charge is 2.18. The second-order valence-corrected chi connectivity index (χ2v) is 6.61. The van der Waals surface area contributed by atoms with E-state index in [1.54, 1.807) is 0 Å². The summed E-state index contributed by atoms with van der Waals surface area (Å²) in [5.74, 6) is -0.0467. The van der Waals surface area contributed by atoms with E-state index in [-0.39, 0.29) is 5.69 Å². The van der Waals surface area contributed by atoms with Gasteiger partial charge in [-0.25, -0.2) is 9.78 Å². The molecule has 0 aliphatic heterocycles. The van der Waals surface area contributed by atoms with Crippen LogP contribution in [0.2, 0.25) is 0 Å². The second-order valence-electron chi connectivity index (χ2n) is 4.04. The van der Waals surface area contributed by atoms with Gasteiger partial charge in [0.1, 0.15) is 5.01 Å². The molecule has 1 fully saturated rings. The first-order valence-electron chi connectivity index (χ1n) is 5.48. The van der Waals surface area contributed by atoms with Crippen LogP contribution in [0.15, 0.2) is 0 Å². The summed E-state index contributed by atoms with van der Waals surface area (Å²) < 4.78 is 0. The van der Waals surface area contributed by atoms with Gasteiger partial charge in [-0.15, -0.1) is 11.3 Å². The lowest BCUT2D eigenvalue weighted by Gasteiger charge is -2.05. The van der Waals surface area contributed by atoms with E-state index in [0.29, 0.717) is 0 Å². The highest BCUT2D eigenvalue weighted by Crippen LogP contribution is 2.32. The molecule has 0 bridgehead atoms. The summed E-state index contributed by atoms with van der Waals surface area (Å²) in [5.41, 5.74) is 0.229. The van der Waals surface area contributed by atoms with Gasteiger partial charge in [0.2, 0.25) is 0 Å². The standard InChI is InChI=1S/C11H15NO2S2/c1-7-10(11(13)14)12-9(16-7)6-15-8-4-2-3-5-8/h8H,2-6H2,1H3,(H,13,14). The third-order valence-electron chi connectivity index (χ3n) is 2.79.